The molecule has 20 heavy (non-hydrogen) atoms. The van der Waals surface area contributed by atoms with E-state index in [9.17, 15) is 14.9 Å². The molecule has 0 saturated carbocycles. The number of piperidine rings is 1. The van der Waals surface area contributed by atoms with Crippen molar-refractivity contribution in [3.8, 4) is 0 Å². The Morgan fingerprint density at radius 1 is 1.30 bits per heavy atom. The smallest absolute Gasteiger partial charge is 0.272 e. The van der Waals surface area contributed by atoms with Gasteiger partial charge < -0.3 is 10.6 Å². The predicted molar refractivity (Wildman–Crippen MR) is 76.8 cm³/mol. The summed E-state index contributed by atoms with van der Waals surface area (Å²) in [7, 11) is 0. The first kappa shape index (κ1) is 14.5. The van der Waals surface area contributed by atoms with Gasteiger partial charge in [0.1, 0.15) is 0 Å². The zero-order chi connectivity index (χ0) is 14.7. The van der Waals surface area contributed by atoms with Crippen LogP contribution in [-0.4, -0.2) is 23.9 Å². The molecule has 108 valence electrons. The van der Waals surface area contributed by atoms with Crippen LogP contribution in [-0.2, 0) is 4.79 Å². The van der Waals surface area contributed by atoms with Crippen LogP contribution in [0, 0.1) is 29.9 Å². The Balaban J connectivity index is 2.15. The largest absolute Gasteiger partial charge is 0.326 e. The monoisotopic (exact) mass is 277 g/mol. The molecule has 1 aromatic rings. The number of aryl methyl sites for hydroxylation is 2. The third-order valence-corrected chi connectivity index (χ3v) is 3.71. The van der Waals surface area contributed by atoms with Crippen LogP contribution in [0.5, 0.6) is 0 Å². The van der Waals surface area contributed by atoms with Crippen molar-refractivity contribution in [2.75, 3.05) is 18.4 Å². The summed E-state index contributed by atoms with van der Waals surface area (Å²) in [6, 6.07) is 3.18. The molecule has 1 heterocycles. The molecule has 6 heteroatoms. The number of nitrogens with one attached hydrogen (secondary N) is 2. The first-order chi connectivity index (χ1) is 9.49. The number of anilines is 1. The first-order valence-electron chi connectivity index (χ1n) is 6.76. The van der Waals surface area contributed by atoms with Crippen LogP contribution in [0.2, 0.25) is 0 Å². The van der Waals surface area contributed by atoms with E-state index in [4.69, 9.17) is 0 Å². The molecule has 2 rings (SSSR count). The van der Waals surface area contributed by atoms with Crippen molar-refractivity contribution in [1.29, 1.82) is 0 Å². The summed E-state index contributed by atoms with van der Waals surface area (Å²) in [5.74, 6) is 0.0222. The molecule has 6 nitrogen and oxygen atoms in total. The van der Waals surface area contributed by atoms with Gasteiger partial charge in [-0.05, 0) is 51.4 Å². The maximum Gasteiger partial charge on any atom is 0.272 e. The summed E-state index contributed by atoms with van der Waals surface area (Å²) >= 11 is 0. The van der Waals surface area contributed by atoms with E-state index in [1.165, 1.54) is 6.07 Å². The molecule has 1 amide bonds. The highest BCUT2D eigenvalue weighted by molar-refractivity contribution is 5.93. The first-order valence-corrected chi connectivity index (χ1v) is 6.76. The fourth-order valence-corrected chi connectivity index (χ4v) is 2.45. The Morgan fingerprint density at radius 3 is 2.55 bits per heavy atom. The number of carbonyl (C=O) groups excluding carboxylic acids is 1. The van der Waals surface area contributed by atoms with Crippen LogP contribution in [0.3, 0.4) is 0 Å². The lowest BCUT2D eigenvalue weighted by Crippen LogP contribution is -2.34. The van der Waals surface area contributed by atoms with Gasteiger partial charge in [-0.15, -0.1) is 0 Å². The lowest BCUT2D eigenvalue weighted by atomic mass is 9.97. The molecule has 1 aliphatic rings. The quantitative estimate of drug-likeness (QED) is 0.655. The molecule has 0 aliphatic carbocycles. The lowest BCUT2D eigenvalue weighted by molar-refractivity contribution is -0.385. The lowest BCUT2D eigenvalue weighted by Gasteiger charge is -2.22. The van der Waals surface area contributed by atoms with Crippen molar-refractivity contribution in [3.05, 3.63) is 33.4 Å². The van der Waals surface area contributed by atoms with Gasteiger partial charge in [-0.2, -0.15) is 0 Å². The summed E-state index contributed by atoms with van der Waals surface area (Å²) in [6.07, 6.45) is 1.66. The number of hydrogen-bond acceptors (Lipinski definition) is 4. The number of nitro benzene ring substituents is 1. The second-order valence-electron chi connectivity index (χ2n) is 5.22. The molecular formula is C14H19N3O3. The third-order valence-electron chi connectivity index (χ3n) is 3.71. The van der Waals surface area contributed by atoms with Crippen molar-refractivity contribution in [2.24, 2.45) is 5.92 Å². The molecular weight excluding hydrogens is 258 g/mol. The summed E-state index contributed by atoms with van der Waals surface area (Å²) in [6.45, 7) is 5.16. The maximum absolute atomic E-state index is 12.2. The molecule has 0 atom stereocenters. The van der Waals surface area contributed by atoms with E-state index >= 15 is 0 Å². The Bertz CT molecular complexity index is 537. The van der Waals surface area contributed by atoms with E-state index in [-0.39, 0.29) is 17.5 Å². The Labute approximate surface area is 117 Å². The predicted octanol–water partition coefficient (Wildman–Crippen LogP) is 2.15. The number of benzene rings is 1. The van der Waals surface area contributed by atoms with Crippen molar-refractivity contribution in [2.45, 2.75) is 26.7 Å². The average Bonchev–Trinajstić information content (AvgIpc) is 2.43. The molecule has 0 bridgehead atoms. The van der Waals surface area contributed by atoms with Gasteiger partial charge >= 0.3 is 0 Å². The summed E-state index contributed by atoms with van der Waals surface area (Å²) in [5.41, 5.74) is 2.02. The van der Waals surface area contributed by atoms with E-state index in [1.54, 1.807) is 19.9 Å². The van der Waals surface area contributed by atoms with E-state index in [0.717, 1.165) is 25.9 Å². The number of amides is 1. The number of hydrogen-bond donors (Lipinski definition) is 2. The third kappa shape index (κ3) is 3.14. The molecule has 0 radical (unpaired) electrons. The second-order valence-corrected chi connectivity index (χ2v) is 5.22. The van der Waals surface area contributed by atoms with E-state index in [1.807, 2.05) is 0 Å². The van der Waals surface area contributed by atoms with Crippen LogP contribution in [0.1, 0.15) is 24.0 Å². The van der Waals surface area contributed by atoms with Crippen molar-refractivity contribution in [1.82, 2.24) is 5.32 Å². The Hall–Kier alpha value is -1.95. The summed E-state index contributed by atoms with van der Waals surface area (Å²) < 4.78 is 0. The van der Waals surface area contributed by atoms with Gasteiger partial charge in [0.25, 0.3) is 5.69 Å². The van der Waals surface area contributed by atoms with Crippen LogP contribution in [0.25, 0.3) is 0 Å². The van der Waals surface area contributed by atoms with Gasteiger partial charge in [-0.25, -0.2) is 0 Å². The highest BCUT2D eigenvalue weighted by Gasteiger charge is 2.22. The normalized spacial score (nSPS) is 15.9. The van der Waals surface area contributed by atoms with Gasteiger partial charge in [0.2, 0.25) is 5.91 Å². The molecule has 0 spiro atoms. The minimum absolute atomic E-state index is 0.00264. The van der Waals surface area contributed by atoms with E-state index in [0.29, 0.717) is 16.8 Å². The zero-order valence-electron chi connectivity index (χ0n) is 11.7. The Morgan fingerprint density at radius 2 is 1.95 bits per heavy atom. The van der Waals surface area contributed by atoms with Crippen LogP contribution >= 0.6 is 0 Å². The van der Waals surface area contributed by atoms with Gasteiger partial charge in [0.15, 0.2) is 0 Å². The number of rotatable bonds is 3. The van der Waals surface area contributed by atoms with Crippen LogP contribution < -0.4 is 10.6 Å². The molecule has 0 unspecified atom stereocenters. The average molecular weight is 277 g/mol. The van der Waals surface area contributed by atoms with Gasteiger partial charge in [-0.1, -0.05) is 0 Å². The van der Waals surface area contributed by atoms with Crippen molar-refractivity contribution in [3.63, 3.8) is 0 Å². The Kier molecular flexibility index (Phi) is 4.34. The van der Waals surface area contributed by atoms with E-state index < -0.39 is 4.92 Å². The highest BCUT2D eigenvalue weighted by atomic mass is 16.6. The maximum atomic E-state index is 12.2. The summed E-state index contributed by atoms with van der Waals surface area (Å²) in [5, 5.41) is 17.0. The molecule has 1 saturated heterocycles. The number of nitro groups is 1. The summed E-state index contributed by atoms with van der Waals surface area (Å²) in [4.78, 5) is 22.6. The van der Waals surface area contributed by atoms with Crippen molar-refractivity contribution < 1.29 is 9.72 Å². The standard InChI is InChI=1S/C14H19N3O3/c1-9-8-13(17(19)20)10(2)7-12(9)16-14(18)11-3-5-15-6-4-11/h7-8,11,15H,3-6H2,1-2H3,(H,16,18). The fourth-order valence-electron chi connectivity index (χ4n) is 2.45. The molecule has 2 N–H and O–H groups in total. The van der Waals surface area contributed by atoms with Gasteiger partial charge in [-0.3, -0.25) is 14.9 Å². The van der Waals surface area contributed by atoms with Gasteiger partial charge in [0, 0.05) is 23.2 Å². The molecule has 0 aromatic heterocycles. The van der Waals surface area contributed by atoms with Crippen molar-refractivity contribution >= 4 is 17.3 Å². The van der Waals surface area contributed by atoms with Crippen LogP contribution in [0.15, 0.2) is 12.1 Å². The zero-order valence-corrected chi connectivity index (χ0v) is 11.7. The second kappa shape index (κ2) is 6.00. The SMILES string of the molecule is Cc1cc([N+](=O)[O-])c(C)cc1NC(=O)C1CCNCC1. The highest BCUT2D eigenvalue weighted by Crippen LogP contribution is 2.26. The molecule has 1 fully saturated rings. The van der Waals surface area contributed by atoms with Crippen LogP contribution in [0.4, 0.5) is 11.4 Å². The minimum Gasteiger partial charge on any atom is -0.326 e. The topological polar surface area (TPSA) is 84.3 Å². The number of nitrogens with zero attached hydrogens (tertiary/aromatic N) is 1. The number of carbonyl (C=O) groups is 1. The molecule has 1 aliphatic heterocycles. The minimum atomic E-state index is -0.402. The van der Waals surface area contributed by atoms with E-state index in [2.05, 4.69) is 10.6 Å². The fraction of sp³-hybridized carbons (Fsp3) is 0.500. The van der Waals surface area contributed by atoms with Gasteiger partial charge in [0.05, 0.1) is 4.92 Å². The molecule has 1 aromatic carbocycles.